The van der Waals surface area contributed by atoms with Gasteiger partial charge in [-0.3, -0.25) is 9.59 Å². The molecule has 5 aliphatic rings. The molecule has 0 aliphatic carbocycles. The number of fused-ring (bicyclic) bond motifs is 5. The van der Waals surface area contributed by atoms with Crippen LogP contribution in [-0.4, -0.2) is 142 Å². The average molecular weight is 1960 g/mol. The van der Waals surface area contributed by atoms with Crippen molar-refractivity contribution in [3.8, 4) is 0 Å². The van der Waals surface area contributed by atoms with Gasteiger partial charge >= 0.3 is 24.4 Å². The van der Waals surface area contributed by atoms with E-state index in [1.165, 1.54) is 61.2 Å². The number of nitrogens with zero attached hydrogens (tertiary/aromatic N) is 4. The minimum atomic E-state index is -0.535. The van der Waals surface area contributed by atoms with Crippen molar-refractivity contribution in [2.45, 2.75) is 233 Å². The average Bonchev–Trinajstić information content (AvgIpc) is 1.77. The third-order valence-electron chi connectivity index (χ3n) is 18.9. The summed E-state index contributed by atoms with van der Waals surface area (Å²) < 4.78 is 22.0. The molecule has 660 valence electrons. The number of thiophene rings is 3. The summed E-state index contributed by atoms with van der Waals surface area (Å²) in [7, 11) is 0. The largest absolute Gasteiger partial charge is 0.444 e. The second-order valence-corrected chi connectivity index (χ2v) is 44.0. The van der Waals surface area contributed by atoms with Crippen molar-refractivity contribution >= 4 is 221 Å². The number of ether oxygens (including phenoxy) is 4. The highest BCUT2D eigenvalue weighted by atomic mass is 35.5. The van der Waals surface area contributed by atoms with Crippen LogP contribution in [0.1, 0.15) is 175 Å². The SMILES string of the molecule is C.CC(=O)Sc1c(Cl)cc(Cl)c2c1CCN(C(=O)OC(C)(C)C)CC2.CC(=O)Sc1c(Cl)ccc2c1CCN(C(=O)OC(C)(C)C)CC2.CC(C)(C)OC(=O)N1CCc2c(Cl)cc(Cl)c(SCc3cccs3)c2CC1.CC(C)(C)OC(=O)N1CCc2ccc(Cl)c(SCc3cccs3)c2CC1.Cl.Clc1ccc2c(c1SCc1cccs1)CCNCC2. The monoisotopic (exact) mass is 1960 g/mol. The molecule has 0 radical (unpaired) electrons. The van der Waals surface area contributed by atoms with Gasteiger partial charge in [-0.2, -0.15) is 0 Å². The van der Waals surface area contributed by atoms with E-state index in [1.54, 1.807) is 67.0 Å². The van der Waals surface area contributed by atoms with Gasteiger partial charge in [0.25, 0.3) is 0 Å². The van der Waals surface area contributed by atoms with E-state index in [0.717, 1.165) is 150 Å². The number of halogens is 8. The Labute approximate surface area is 790 Å². The van der Waals surface area contributed by atoms with Crippen molar-refractivity contribution in [3.63, 3.8) is 0 Å². The van der Waals surface area contributed by atoms with E-state index in [0.29, 0.717) is 103 Å². The van der Waals surface area contributed by atoms with Gasteiger partial charge in [0.05, 0.1) is 25.1 Å². The molecule has 4 amide bonds. The second kappa shape index (κ2) is 48.2. The molecule has 5 aliphatic heterocycles. The molecule has 31 heteroatoms. The fourth-order valence-corrected chi connectivity index (χ4v) is 23.4. The Morgan fingerprint density at radius 1 is 0.347 bits per heavy atom. The highest BCUT2D eigenvalue weighted by molar-refractivity contribution is 8.14. The normalized spacial score (nSPS) is 14.6. The smallest absolute Gasteiger partial charge is 0.410 e. The lowest BCUT2D eigenvalue weighted by atomic mass is 10.0. The number of thioether (sulfide) groups is 5. The molecule has 13 rings (SSSR count). The van der Waals surface area contributed by atoms with Crippen molar-refractivity contribution in [1.29, 1.82) is 0 Å². The van der Waals surface area contributed by atoms with Crippen molar-refractivity contribution in [1.82, 2.24) is 24.9 Å². The van der Waals surface area contributed by atoms with Crippen LogP contribution in [0.4, 0.5) is 19.2 Å². The van der Waals surface area contributed by atoms with Crippen LogP contribution in [0.15, 0.2) is 126 Å². The van der Waals surface area contributed by atoms with Crippen molar-refractivity contribution < 1.29 is 47.7 Å². The van der Waals surface area contributed by atoms with Gasteiger partial charge in [-0.25, -0.2) is 19.2 Å². The van der Waals surface area contributed by atoms with E-state index in [4.69, 9.17) is 100 Å². The number of benzene rings is 5. The first kappa shape index (κ1) is 104. The predicted molar refractivity (Wildman–Crippen MR) is 517 cm³/mol. The van der Waals surface area contributed by atoms with E-state index in [2.05, 4.69) is 76.1 Å². The molecule has 0 spiro atoms. The van der Waals surface area contributed by atoms with Crippen LogP contribution in [0.5, 0.6) is 0 Å². The van der Waals surface area contributed by atoms with Gasteiger partial charge in [-0.05, 0) is 281 Å². The number of nitrogens with one attached hydrogen (secondary N) is 1. The number of rotatable bonds is 11. The van der Waals surface area contributed by atoms with E-state index < -0.39 is 22.4 Å². The molecule has 0 saturated heterocycles. The molecular weight excluding hydrogens is 1850 g/mol. The summed E-state index contributed by atoms with van der Waals surface area (Å²) in [6.45, 7) is 32.4. The summed E-state index contributed by atoms with van der Waals surface area (Å²) >= 11 is 57.9. The van der Waals surface area contributed by atoms with Gasteiger partial charge in [0.2, 0.25) is 0 Å². The van der Waals surface area contributed by atoms with Crippen LogP contribution in [0.3, 0.4) is 0 Å². The Kier molecular flexibility index (Phi) is 41.3. The van der Waals surface area contributed by atoms with Crippen molar-refractivity contribution in [3.05, 3.63) is 206 Å². The summed E-state index contributed by atoms with van der Waals surface area (Å²) in [5, 5.41) is 14.5. The van der Waals surface area contributed by atoms with Crippen LogP contribution >= 0.6 is 186 Å². The lowest BCUT2D eigenvalue weighted by Gasteiger charge is -2.26. The Morgan fingerprint density at radius 2 is 0.612 bits per heavy atom. The van der Waals surface area contributed by atoms with Gasteiger partial charge in [0.1, 0.15) is 22.4 Å². The number of carbonyl (C=O) groups excluding carboxylic acids is 6. The van der Waals surface area contributed by atoms with E-state index in [1.807, 2.05) is 135 Å². The van der Waals surface area contributed by atoms with Crippen molar-refractivity contribution in [2.75, 3.05) is 65.4 Å². The molecule has 0 atom stereocenters. The molecular formula is C90H111Cl8N5O10S8. The molecule has 0 bridgehead atoms. The van der Waals surface area contributed by atoms with E-state index >= 15 is 0 Å². The molecule has 0 fully saturated rings. The third kappa shape index (κ3) is 32.4. The van der Waals surface area contributed by atoms with Crippen LogP contribution in [-0.2, 0) is 110 Å². The third-order valence-corrected chi connectivity index (χ3v) is 30.4. The van der Waals surface area contributed by atoms with Crippen LogP contribution in [0.2, 0.25) is 35.2 Å². The zero-order valence-electron chi connectivity index (χ0n) is 70.3. The first-order valence-electron chi connectivity index (χ1n) is 39.5. The molecule has 0 unspecified atom stereocenters. The number of hydrogen-bond acceptors (Lipinski definition) is 19. The molecule has 0 saturated carbocycles. The van der Waals surface area contributed by atoms with Crippen LogP contribution in [0, 0.1) is 0 Å². The fraction of sp³-hybridized carbons (Fsp3) is 0.467. The van der Waals surface area contributed by atoms with E-state index in [-0.39, 0.29) is 54.4 Å². The summed E-state index contributed by atoms with van der Waals surface area (Å²) in [6.07, 6.45) is 6.73. The quantitative estimate of drug-likeness (QED) is 0.0960. The maximum atomic E-state index is 12.5. The minimum Gasteiger partial charge on any atom is -0.444 e. The molecule has 1 N–H and O–H groups in total. The highest BCUT2D eigenvalue weighted by Crippen LogP contribution is 2.44. The van der Waals surface area contributed by atoms with Gasteiger partial charge in [-0.15, -0.1) is 81.7 Å². The maximum Gasteiger partial charge on any atom is 0.410 e. The first-order valence-corrected chi connectivity index (χ1v) is 49.4. The lowest BCUT2D eigenvalue weighted by Crippen LogP contribution is -2.38. The van der Waals surface area contributed by atoms with Crippen molar-refractivity contribution in [2.24, 2.45) is 0 Å². The number of amides is 4. The summed E-state index contributed by atoms with van der Waals surface area (Å²) in [6, 6.07) is 28.4. The van der Waals surface area contributed by atoms with E-state index in [9.17, 15) is 28.8 Å². The Morgan fingerprint density at radius 3 is 0.942 bits per heavy atom. The molecule has 8 aromatic rings. The topological polar surface area (TPSA) is 164 Å². The maximum absolute atomic E-state index is 12.5. The van der Waals surface area contributed by atoms with Gasteiger partial charge in [0, 0.05) is 133 Å². The molecule has 3 aromatic heterocycles. The summed E-state index contributed by atoms with van der Waals surface area (Å²) in [4.78, 5) is 88.6. The summed E-state index contributed by atoms with van der Waals surface area (Å²) in [5.41, 5.74) is 9.87. The Hall–Kier alpha value is -4.35. The second-order valence-electron chi connectivity index (χ2n) is 32.7. The molecule has 15 nitrogen and oxygen atoms in total. The fourth-order valence-electron chi connectivity index (χ4n) is 13.5. The zero-order chi connectivity index (χ0) is 86.7. The standard InChI is InChI=1S/C20H23Cl2NO2S2.C20H24ClNO2S2.C17H21Cl2NO3S.C17H22ClNO3S.C15H16ClNS2.CH4.ClH/c1-20(2,3)25-19(24)23-8-6-14-15(7-9-23)18(17(22)11-16(14)21)27-12-13-5-4-10-26-13;1-20(2,3)24-19(23)22-10-8-14-6-7-17(21)18(16(14)9-11-22)26-13-15-5-4-12-25-15;1-10(21)24-15-12-6-8-20(16(22)23-17(2,3)4)7-5-11(12)13(18)9-14(15)19;1-11(20)23-15-13-8-10-19(16(21)22-17(2,3)4)9-7-12(13)5-6-14(15)18;16-14-4-3-11-5-7-17-8-6-13(11)15(14)19-10-12-2-1-9-18-12;;/h4-5,10-11H,6-9,12H2,1-3H3;4-7,12H,8-11,13H2,1-3H3;9H,5-8H2,1-4H3;5-6H,7-10H2,1-4H3;1-4,9,17H,5-8,10H2;1H4;1H. The molecule has 5 aromatic carbocycles. The van der Waals surface area contributed by atoms with Gasteiger partial charge < -0.3 is 43.9 Å². The van der Waals surface area contributed by atoms with Gasteiger partial charge in [0.15, 0.2) is 10.2 Å². The Balaban J connectivity index is 0.000000208. The predicted octanol–water partition coefficient (Wildman–Crippen LogP) is 27.4. The van der Waals surface area contributed by atoms with Crippen LogP contribution < -0.4 is 5.32 Å². The minimum absolute atomic E-state index is 0. The zero-order valence-corrected chi connectivity index (χ0v) is 82.9. The van der Waals surface area contributed by atoms with Crippen LogP contribution in [0.25, 0.3) is 0 Å². The van der Waals surface area contributed by atoms with Gasteiger partial charge in [-0.1, -0.05) is 149 Å². The number of carbonyl (C=O) groups is 6. The molecule has 121 heavy (non-hydrogen) atoms. The lowest BCUT2D eigenvalue weighted by molar-refractivity contribution is -0.109. The molecule has 8 heterocycles. The first-order chi connectivity index (χ1) is 56.2. The Bertz CT molecular complexity index is 4820. The summed E-state index contributed by atoms with van der Waals surface area (Å²) in [5.74, 6) is 2.81. The highest BCUT2D eigenvalue weighted by Gasteiger charge is 2.33. The number of hydrogen-bond donors (Lipinski definition) is 1.